The third-order valence-corrected chi connectivity index (χ3v) is 5.30. The monoisotopic (exact) mass is 386 g/mol. The summed E-state index contributed by atoms with van der Waals surface area (Å²) in [6.45, 7) is 2.87. The predicted octanol–water partition coefficient (Wildman–Crippen LogP) is 7.89. The molecule has 0 amide bonds. The van der Waals surface area contributed by atoms with Gasteiger partial charge >= 0.3 is 5.97 Å². The van der Waals surface area contributed by atoms with E-state index in [2.05, 4.69) is 19.6 Å². The predicted molar refractivity (Wildman–Crippen MR) is 118 cm³/mol. The van der Waals surface area contributed by atoms with E-state index in [9.17, 15) is 4.79 Å². The lowest BCUT2D eigenvalue weighted by atomic mass is 10.0. The Hall–Kier alpha value is -0.180. The van der Waals surface area contributed by atoms with Crippen molar-refractivity contribution in [1.82, 2.24) is 0 Å². The Kier molecular flexibility index (Phi) is 22.7. The average molecular weight is 387 g/mol. The Morgan fingerprint density at radius 2 is 0.962 bits per heavy atom. The second kappa shape index (κ2) is 22.9. The number of esters is 1. The molecule has 0 aliphatic carbocycles. The van der Waals surface area contributed by atoms with Crippen LogP contribution in [0.25, 0.3) is 0 Å². The fraction of sp³-hybridized carbons (Fsp3) is 0.957. The maximum Gasteiger partial charge on any atom is 0.306 e. The molecule has 0 heterocycles. The molecule has 3 heteroatoms. The van der Waals surface area contributed by atoms with Crippen LogP contribution in [0.15, 0.2) is 0 Å². The molecule has 0 unspecified atom stereocenters. The van der Waals surface area contributed by atoms with Gasteiger partial charge in [0, 0.05) is 5.75 Å². The van der Waals surface area contributed by atoms with Gasteiger partial charge in [-0.05, 0) is 6.42 Å². The molecule has 0 aromatic carbocycles. The van der Waals surface area contributed by atoms with Crippen molar-refractivity contribution in [2.24, 2.45) is 0 Å². The van der Waals surface area contributed by atoms with E-state index in [1.54, 1.807) is 0 Å². The van der Waals surface area contributed by atoms with Gasteiger partial charge in [0.25, 0.3) is 0 Å². The highest BCUT2D eigenvalue weighted by atomic mass is 32.1. The van der Waals surface area contributed by atoms with Gasteiger partial charge in [0.2, 0.25) is 0 Å². The normalized spacial score (nSPS) is 11.0. The van der Waals surface area contributed by atoms with Gasteiger partial charge in [-0.25, -0.2) is 0 Å². The minimum Gasteiger partial charge on any atom is -0.466 e. The van der Waals surface area contributed by atoms with Crippen LogP contribution in [0, 0.1) is 0 Å². The molecule has 0 spiro atoms. The van der Waals surface area contributed by atoms with Crippen LogP contribution >= 0.6 is 12.6 Å². The molecule has 0 bridgehead atoms. The lowest BCUT2D eigenvalue weighted by Crippen LogP contribution is -2.06. The van der Waals surface area contributed by atoms with Gasteiger partial charge in [-0.3, -0.25) is 4.79 Å². The van der Waals surface area contributed by atoms with E-state index in [0.717, 1.165) is 6.42 Å². The van der Waals surface area contributed by atoms with Crippen LogP contribution in [0.4, 0.5) is 0 Å². The van der Waals surface area contributed by atoms with E-state index in [1.165, 1.54) is 109 Å². The van der Waals surface area contributed by atoms with Crippen molar-refractivity contribution >= 4 is 18.6 Å². The fourth-order valence-corrected chi connectivity index (χ4v) is 3.54. The zero-order chi connectivity index (χ0) is 19.1. The molecule has 0 aliphatic rings. The van der Waals surface area contributed by atoms with E-state index in [4.69, 9.17) is 4.74 Å². The molecule has 0 atom stereocenters. The van der Waals surface area contributed by atoms with Crippen LogP contribution in [0.2, 0.25) is 0 Å². The third-order valence-electron chi connectivity index (χ3n) is 5.08. The van der Waals surface area contributed by atoms with Gasteiger partial charge in [0.05, 0.1) is 13.0 Å². The second-order valence-corrected chi connectivity index (χ2v) is 8.15. The van der Waals surface area contributed by atoms with Crippen molar-refractivity contribution in [3.8, 4) is 0 Å². The summed E-state index contributed by atoms with van der Waals surface area (Å²) < 4.78 is 5.12. The van der Waals surface area contributed by atoms with Crippen LogP contribution in [0.5, 0.6) is 0 Å². The van der Waals surface area contributed by atoms with E-state index in [-0.39, 0.29) is 5.97 Å². The van der Waals surface area contributed by atoms with Crippen molar-refractivity contribution < 1.29 is 9.53 Å². The molecule has 2 nitrogen and oxygen atoms in total. The molecule has 0 aromatic rings. The van der Waals surface area contributed by atoms with Gasteiger partial charge < -0.3 is 4.74 Å². The molecule has 0 aliphatic heterocycles. The highest BCUT2D eigenvalue weighted by Crippen LogP contribution is 2.14. The van der Waals surface area contributed by atoms with Crippen molar-refractivity contribution in [2.75, 3.05) is 12.4 Å². The summed E-state index contributed by atoms with van der Waals surface area (Å²) in [6, 6.07) is 0. The van der Waals surface area contributed by atoms with Gasteiger partial charge in [0.15, 0.2) is 0 Å². The largest absolute Gasteiger partial charge is 0.466 e. The fourth-order valence-electron chi connectivity index (χ4n) is 3.35. The molecule has 0 saturated carbocycles. The van der Waals surface area contributed by atoms with E-state index < -0.39 is 0 Å². The number of ether oxygens (including phenoxy) is 1. The van der Waals surface area contributed by atoms with Crippen molar-refractivity contribution in [3.05, 3.63) is 0 Å². The Labute approximate surface area is 169 Å². The summed E-state index contributed by atoms with van der Waals surface area (Å²) >= 11 is 4.02. The van der Waals surface area contributed by atoms with Crippen LogP contribution in [0.1, 0.15) is 129 Å². The number of hydrogen-bond donors (Lipinski definition) is 1. The van der Waals surface area contributed by atoms with E-state index >= 15 is 0 Å². The zero-order valence-electron chi connectivity index (χ0n) is 17.6. The minimum absolute atomic E-state index is 0.105. The van der Waals surface area contributed by atoms with Crippen LogP contribution in [-0.2, 0) is 9.53 Å². The van der Waals surface area contributed by atoms with Crippen molar-refractivity contribution in [1.29, 1.82) is 0 Å². The Morgan fingerprint density at radius 1 is 0.615 bits per heavy atom. The van der Waals surface area contributed by atoms with Crippen molar-refractivity contribution in [3.63, 3.8) is 0 Å². The number of hydrogen-bond acceptors (Lipinski definition) is 3. The van der Waals surface area contributed by atoms with E-state index in [0.29, 0.717) is 18.8 Å². The standard InChI is InChI=1S/C23H46O2S/c1-2-3-4-5-6-7-8-9-10-11-12-13-14-15-16-17-18-19-21-25-23(24)20-22-26/h26H,2-22H2,1H3. The average Bonchev–Trinajstić information content (AvgIpc) is 2.64. The molecule has 26 heavy (non-hydrogen) atoms. The van der Waals surface area contributed by atoms with Crippen LogP contribution < -0.4 is 0 Å². The van der Waals surface area contributed by atoms with Gasteiger partial charge in [-0.15, -0.1) is 0 Å². The first-order chi connectivity index (χ1) is 12.8. The summed E-state index contributed by atoms with van der Waals surface area (Å²) in [7, 11) is 0. The molecular formula is C23H46O2S. The van der Waals surface area contributed by atoms with Gasteiger partial charge in [-0.2, -0.15) is 12.6 Å². The molecule has 0 aromatic heterocycles. The number of thiol groups is 1. The summed E-state index contributed by atoms with van der Waals surface area (Å²) in [5.74, 6) is 0.477. The lowest BCUT2D eigenvalue weighted by molar-refractivity contribution is -0.143. The second-order valence-electron chi connectivity index (χ2n) is 7.70. The van der Waals surface area contributed by atoms with Gasteiger partial charge in [0.1, 0.15) is 0 Å². The number of carbonyl (C=O) groups excluding carboxylic acids is 1. The SMILES string of the molecule is CCCCCCCCCCCCCCCCCCCCOC(=O)CCS. The highest BCUT2D eigenvalue weighted by molar-refractivity contribution is 7.80. The molecule has 0 saturated heterocycles. The Bertz CT molecular complexity index is 281. The smallest absolute Gasteiger partial charge is 0.306 e. The molecule has 156 valence electrons. The number of unbranched alkanes of at least 4 members (excludes halogenated alkanes) is 17. The van der Waals surface area contributed by atoms with E-state index in [1.807, 2.05) is 0 Å². The van der Waals surface area contributed by atoms with Crippen LogP contribution in [-0.4, -0.2) is 18.3 Å². The molecule has 0 radical (unpaired) electrons. The first-order valence-corrected chi connectivity index (χ1v) is 12.2. The number of rotatable bonds is 21. The molecule has 0 rings (SSSR count). The summed E-state index contributed by atoms with van der Waals surface area (Å²) in [6.07, 6.45) is 25.2. The minimum atomic E-state index is -0.105. The lowest BCUT2D eigenvalue weighted by Gasteiger charge is -2.05. The summed E-state index contributed by atoms with van der Waals surface area (Å²) in [5, 5.41) is 0. The summed E-state index contributed by atoms with van der Waals surface area (Å²) in [4.78, 5) is 11.2. The highest BCUT2D eigenvalue weighted by Gasteiger charge is 2.00. The third kappa shape index (κ3) is 21.9. The first kappa shape index (κ1) is 25.8. The van der Waals surface area contributed by atoms with Gasteiger partial charge in [-0.1, -0.05) is 116 Å². The Morgan fingerprint density at radius 3 is 1.31 bits per heavy atom. The summed E-state index contributed by atoms with van der Waals surface area (Å²) in [5.41, 5.74) is 0. The Balaban J connectivity index is 3.02. The quantitative estimate of drug-likeness (QED) is 0.123. The van der Waals surface area contributed by atoms with Crippen molar-refractivity contribution in [2.45, 2.75) is 129 Å². The molecule has 0 N–H and O–H groups in total. The van der Waals surface area contributed by atoms with Crippen LogP contribution in [0.3, 0.4) is 0 Å². The maximum absolute atomic E-state index is 11.2. The topological polar surface area (TPSA) is 26.3 Å². The number of carbonyl (C=O) groups is 1. The molecular weight excluding hydrogens is 340 g/mol. The first-order valence-electron chi connectivity index (χ1n) is 11.6. The maximum atomic E-state index is 11.2. The molecule has 0 fully saturated rings. The zero-order valence-corrected chi connectivity index (χ0v) is 18.5.